The summed E-state index contributed by atoms with van der Waals surface area (Å²) in [4.78, 5) is 12.3. The molecule has 0 heterocycles. The van der Waals surface area contributed by atoms with Crippen molar-refractivity contribution in [2.24, 2.45) is 45.8 Å². The monoisotopic (exact) mass is 421 g/mol. The van der Waals surface area contributed by atoms with Gasteiger partial charge in [-0.25, -0.2) is 0 Å². The van der Waals surface area contributed by atoms with Crippen molar-refractivity contribution in [3.05, 3.63) is 23.3 Å². The highest BCUT2D eigenvalue weighted by Gasteiger charge is 2.60. The second-order valence-electron chi connectivity index (χ2n) is 12.3. The third-order valence-corrected chi connectivity index (χ3v) is 10.7. The lowest BCUT2D eigenvalue weighted by Crippen LogP contribution is -2.51. The molecule has 0 N–H and O–H groups in total. The third kappa shape index (κ3) is 3.37. The second kappa shape index (κ2) is 7.90. The average molecular weight is 422 g/mol. The van der Waals surface area contributed by atoms with Gasteiger partial charge in [0.25, 0.3) is 0 Å². The Balaban J connectivity index is 1.63. The van der Waals surface area contributed by atoms with E-state index in [1.54, 1.807) is 11.1 Å². The van der Waals surface area contributed by atoms with Crippen LogP contribution in [0.2, 0.25) is 0 Å². The van der Waals surface area contributed by atoms with E-state index in [0.717, 1.165) is 31.6 Å². The lowest BCUT2D eigenvalue weighted by Gasteiger charge is -2.57. The van der Waals surface area contributed by atoms with E-state index in [0.29, 0.717) is 47.7 Å². The smallest absolute Gasteiger partial charge is 0.134 e. The first-order valence-corrected chi connectivity index (χ1v) is 12.9. The minimum Gasteiger partial charge on any atom is -0.300 e. The topological polar surface area (TPSA) is 40.9 Å². The number of ketones is 1. The number of carbonyl (C=O) groups is 1. The fourth-order valence-electron chi connectivity index (χ4n) is 8.11. The highest BCUT2D eigenvalue weighted by molar-refractivity contribution is 5.81. The molecular weight excluding hydrogens is 378 g/mol. The zero-order valence-corrected chi connectivity index (χ0v) is 20.8. The fourth-order valence-corrected chi connectivity index (χ4v) is 8.11. The van der Waals surface area contributed by atoms with E-state index in [1.807, 2.05) is 0 Å². The third-order valence-electron chi connectivity index (χ3n) is 10.7. The Morgan fingerprint density at radius 2 is 1.74 bits per heavy atom. The Morgan fingerprint density at radius 1 is 1.00 bits per heavy atom. The maximum absolute atomic E-state index is 12.3. The van der Waals surface area contributed by atoms with Crippen molar-refractivity contribution in [3.63, 3.8) is 0 Å². The van der Waals surface area contributed by atoms with Crippen LogP contribution in [0.15, 0.2) is 23.3 Å². The summed E-state index contributed by atoms with van der Waals surface area (Å²) in [6.45, 7) is 14.3. The number of hydrogen-bond donors (Lipinski definition) is 0. The molecule has 2 saturated carbocycles. The standard InChI is InChI=1S/C29H43NO/c1-19(2)20(3)7-8-21(4)24-9-10-25-23-12-16-29(18-30)17-22(31)11-15-28(29,6)26(23)13-14-27(24,25)5/h7-8,19-21,24-25H,9-17H2,1-6H3/t20-,21+,24+,25-,27+,28+,29+/m0/s1. The van der Waals surface area contributed by atoms with Crippen molar-refractivity contribution in [1.82, 2.24) is 0 Å². The number of carbonyl (C=O) groups excluding carboxylic acids is 1. The van der Waals surface area contributed by atoms with Crippen LogP contribution in [0.5, 0.6) is 0 Å². The van der Waals surface area contributed by atoms with Crippen LogP contribution >= 0.6 is 0 Å². The molecule has 7 atom stereocenters. The number of nitriles is 1. The minimum absolute atomic E-state index is 0.0825. The van der Waals surface area contributed by atoms with Crippen molar-refractivity contribution in [3.8, 4) is 6.07 Å². The van der Waals surface area contributed by atoms with Crippen LogP contribution in [0.25, 0.3) is 0 Å². The normalized spacial score (nSPS) is 42.2. The molecule has 0 radical (unpaired) electrons. The molecule has 0 saturated heterocycles. The van der Waals surface area contributed by atoms with Gasteiger partial charge in [-0.05, 0) is 80.0 Å². The van der Waals surface area contributed by atoms with E-state index < -0.39 is 5.41 Å². The van der Waals surface area contributed by atoms with Gasteiger partial charge >= 0.3 is 0 Å². The van der Waals surface area contributed by atoms with E-state index in [-0.39, 0.29) is 5.41 Å². The number of hydrogen-bond acceptors (Lipinski definition) is 2. The fraction of sp³-hybridized carbons (Fsp3) is 0.793. The predicted octanol–water partition coefficient (Wildman–Crippen LogP) is 7.66. The van der Waals surface area contributed by atoms with E-state index in [9.17, 15) is 10.1 Å². The van der Waals surface area contributed by atoms with Gasteiger partial charge in [0.05, 0.1) is 11.5 Å². The lowest BCUT2D eigenvalue weighted by atomic mass is 9.45. The van der Waals surface area contributed by atoms with Crippen molar-refractivity contribution in [2.75, 3.05) is 0 Å². The molecule has 31 heavy (non-hydrogen) atoms. The van der Waals surface area contributed by atoms with Gasteiger partial charge in [-0.2, -0.15) is 5.26 Å². The van der Waals surface area contributed by atoms with E-state index in [2.05, 4.69) is 59.8 Å². The zero-order valence-electron chi connectivity index (χ0n) is 20.8. The molecule has 0 amide bonds. The summed E-state index contributed by atoms with van der Waals surface area (Å²) >= 11 is 0. The van der Waals surface area contributed by atoms with Crippen LogP contribution in [0, 0.1) is 57.2 Å². The van der Waals surface area contributed by atoms with Gasteiger partial charge in [0.1, 0.15) is 5.78 Å². The number of rotatable bonds is 4. The Bertz CT molecular complexity index is 843. The van der Waals surface area contributed by atoms with Crippen LogP contribution in [-0.4, -0.2) is 5.78 Å². The Labute approximate surface area is 190 Å². The van der Waals surface area contributed by atoms with Gasteiger partial charge in [-0.15, -0.1) is 0 Å². The van der Waals surface area contributed by atoms with Crippen LogP contribution < -0.4 is 0 Å². The Morgan fingerprint density at radius 3 is 2.42 bits per heavy atom. The summed E-state index contributed by atoms with van der Waals surface area (Å²) in [7, 11) is 0. The van der Waals surface area contributed by atoms with Crippen LogP contribution in [-0.2, 0) is 4.79 Å². The number of Topliss-reactive ketones (excluding diaryl/α,β-unsaturated/α-hetero) is 1. The quantitative estimate of drug-likeness (QED) is 0.437. The lowest BCUT2D eigenvalue weighted by molar-refractivity contribution is -0.127. The molecule has 4 aliphatic rings. The largest absolute Gasteiger partial charge is 0.300 e. The average Bonchev–Trinajstić information content (AvgIpc) is 3.09. The van der Waals surface area contributed by atoms with Crippen LogP contribution in [0.1, 0.15) is 99.3 Å². The van der Waals surface area contributed by atoms with Crippen LogP contribution in [0.4, 0.5) is 0 Å². The maximum atomic E-state index is 12.3. The van der Waals surface area contributed by atoms with Gasteiger partial charge < -0.3 is 0 Å². The van der Waals surface area contributed by atoms with E-state index >= 15 is 0 Å². The summed E-state index contributed by atoms with van der Waals surface area (Å²) in [5.74, 6) is 3.71. The van der Waals surface area contributed by atoms with E-state index in [1.165, 1.54) is 19.3 Å². The van der Waals surface area contributed by atoms with Crippen molar-refractivity contribution in [1.29, 1.82) is 5.26 Å². The summed E-state index contributed by atoms with van der Waals surface area (Å²) in [5.41, 5.74) is 3.17. The molecular formula is C29H43NO. The van der Waals surface area contributed by atoms with Gasteiger partial charge in [0.2, 0.25) is 0 Å². The maximum Gasteiger partial charge on any atom is 0.134 e. The van der Waals surface area contributed by atoms with Gasteiger partial charge in [-0.3, -0.25) is 4.79 Å². The summed E-state index contributed by atoms with van der Waals surface area (Å²) in [5, 5.41) is 10.2. The summed E-state index contributed by atoms with van der Waals surface area (Å²) < 4.78 is 0. The molecule has 0 unspecified atom stereocenters. The molecule has 170 valence electrons. The van der Waals surface area contributed by atoms with Crippen molar-refractivity contribution >= 4 is 5.78 Å². The molecule has 2 heteroatoms. The number of allylic oxidation sites excluding steroid dienone is 4. The molecule has 0 bridgehead atoms. The molecule has 4 aliphatic carbocycles. The minimum atomic E-state index is -0.448. The Kier molecular flexibility index (Phi) is 5.81. The van der Waals surface area contributed by atoms with Gasteiger partial charge in [-0.1, -0.05) is 64.8 Å². The van der Waals surface area contributed by atoms with Crippen LogP contribution in [0.3, 0.4) is 0 Å². The van der Waals surface area contributed by atoms with Crippen molar-refractivity contribution in [2.45, 2.75) is 99.3 Å². The first kappa shape index (κ1) is 22.8. The zero-order chi connectivity index (χ0) is 22.6. The van der Waals surface area contributed by atoms with Gasteiger partial charge in [0.15, 0.2) is 0 Å². The molecule has 2 nitrogen and oxygen atoms in total. The van der Waals surface area contributed by atoms with Crippen molar-refractivity contribution < 1.29 is 4.79 Å². The first-order valence-electron chi connectivity index (χ1n) is 12.9. The highest BCUT2D eigenvalue weighted by Crippen LogP contribution is 2.68. The van der Waals surface area contributed by atoms with E-state index in [4.69, 9.17) is 0 Å². The second-order valence-corrected chi connectivity index (χ2v) is 12.3. The number of nitrogens with zero attached hydrogens (tertiary/aromatic N) is 1. The SMILES string of the molecule is CC(C)[C@@H](C)C=C[C@@H](C)[C@H]1CC[C@H]2C3=C(CC[C@]12C)[C@@]1(C)CCC(=O)C[C@@]1(C#N)CC3. The predicted molar refractivity (Wildman–Crippen MR) is 127 cm³/mol. The summed E-state index contributed by atoms with van der Waals surface area (Å²) in [6.07, 6.45) is 14.0. The summed E-state index contributed by atoms with van der Waals surface area (Å²) in [6, 6.07) is 2.69. The molecule has 4 rings (SSSR count). The molecule has 0 aliphatic heterocycles. The van der Waals surface area contributed by atoms with Gasteiger partial charge in [0, 0.05) is 18.3 Å². The first-order chi connectivity index (χ1) is 14.6. The molecule has 0 aromatic heterocycles. The molecule has 2 fully saturated rings. The molecule has 0 spiro atoms. The highest BCUT2D eigenvalue weighted by atomic mass is 16.1. The Hall–Kier alpha value is -1.36. The molecule has 0 aromatic rings. The molecule has 0 aromatic carbocycles. The number of fused-ring (bicyclic) bond motifs is 4.